The summed E-state index contributed by atoms with van der Waals surface area (Å²) in [5.74, 6) is -2.33. The van der Waals surface area contributed by atoms with Crippen LogP contribution in [-0.4, -0.2) is 96.7 Å². The van der Waals surface area contributed by atoms with Crippen LogP contribution in [0.2, 0.25) is 0 Å². The number of carbonyl (C=O) groups is 4. The van der Waals surface area contributed by atoms with E-state index in [0.717, 1.165) is 173 Å². The predicted molar refractivity (Wildman–Crippen MR) is 445 cm³/mol. The zero-order valence-corrected chi connectivity index (χ0v) is 68.7. The van der Waals surface area contributed by atoms with Crippen LogP contribution in [0.25, 0.3) is 0 Å². The van der Waals surface area contributed by atoms with Gasteiger partial charge in [0.2, 0.25) is 0 Å². The Hall–Kier alpha value is -5.84. The number of phosphoric ester groups is 2. The van der Waals surface area contributed by atoms with E-state index in [2.05, 4.69) is 192 Å². The summed E-state index contributed by atoms with van der Waals surface area (Å²) in [4.78, 5) is 73.1. The van der Waals surface area contributed by atoms with Crippen molar-refractivity contribution in [2.45, 2.75) is 316 Å². The van der Waals surface area contributed by atoms with Crippen molar-refractivity contribution in [1.29, 1.82) is 0 Å². The Morgan fingerprint density at radius 1 is 0.269 bits per heavy atom. The first-order valence-corrected chi connectivity index (χ1v) is 44.0. The molecule has 5 unspecified atom stereocenters. The minimum absolute atomic E-state index is 0.0218. The van der Waals surface area contributed by atoms with E-state index in [0.29, 0.717) is 32.1 Å². The molecule has 0 spiro atoms. The molecule has 3 N–H and O–H groups in total. The van der Waals surface area contributed by atoms with Crippen molar-refractivity contribution in [3.05, 3.63) is 182 Å². The van der Waals surface area contributed by atoms with Crippen LogP contribution < -0.4 is 0 Å². The number of aliphatic hydroxyl groups is 1. The highest BCUT2D eigenvalue weighted by Gasteiger charge is 2.30. The number of aliphatic hydroxyl groups excluding tert-OH is 1. The average Bonchev–Trinajstić information content (AvgIpc) is 0.917. The highest BCUT2D eigenvalue weighted by Crippen LogP contribution is 2.45. The highest BCUT2D eigenvalue weighted by atomic mass is 31.2. The predicted octanol–water partition coefficient (Wildman–Crippen LogP) is 24.3. The number of unbranched alkanes of at least 4 members (excludes halogenated alkanes) is 19. The first-order chi connectivity index (χ1) is 52.7. The third-order valence-corrected chi connectivity index (χ3v) is 18.3. The molecule has 0 aromatic heterocycles. The maximum atomic E-state index is 13.1. The van der Waals surface area contributed by atoms with Gasteiger partial charge in [-0.25, -0.2) is 9.13 Å². The lowest BCUT2D eigenvalue weighted by Crippen LogP contribution is -2.30. The van der Waals surface area contributed by atoms with Crippen molar-refractivity contribution >= 4 is 39.5 Å². The smallest absolute Gasteiger partial charge is 0.462 e. The van der Waals surface area contributed by atoms with Crippen LogP contribution in [0.5, 0.6) is 0 Å². The summed E-state index contributed by atoms with van der Waals surface area (Å²) < 4.78 is 68.5. The van der Waals surface area contributed by atoms with Crippen LogP contribution in [-0.2, 0) is 65.4 Å². The molecule has 0 aromatic rings. The van der Waals surface area contributed by atoms with Crippen molar-refractivity contribution in [1.82, 2.24) is 0 Å². The number of rotatable bonds is 75. The highest BCUT2D eigenvalue weighted by molar-refractivity contribution is 7.47. The minimum atomic E-state index is -5.01. The van der Waals surface area contributed by atoms with Crippen LogP contribution in [0.3, 0.4) is 0 Å². The molecule has 19 heteroatoms. The Morgan fingerprint density at radius 2 is 0.500 bits per heavy atom. The van der Waals surface area contributed by atoms with E-state index in [9.17, 15) is 43.2 Å². The van der Waals surface area contributed by atoms with E-state index in [1.54, 1.807) is 0 Å². The maximum Gasteiger partial charge on any atom is 0.472 e. The molecular formula is C89H144O17P2. The molecule has 0 aliphatic heterocycles. The molecule has 0 rings (SSSR count). The number of hydrogen-bond donors (Lipinski definition) is 3. The molecule has 0 aliphatic carbocycles. The Labute approximate surface area is 654 Å². The van der Waals surface area contributed by atoms with E-state index in [1.165, 1.54) is 38.5 Å². The molecule has 0 saturated heterocycles. The maximum absolute atomic E-state index is 13.1. The van der Waals surface area contributed by atoms with Gasteiger partial charge in [0, 0.05) is 25.7 Å². The van der Waals surface area contributed by atoms with Gasteiger partial charge in [-0.05, 0) is 148 Å². The summed E-state index contributed by atoms with van der Waals surface area (Å²) >= 11 is 0. The molecule has 612 valence electrons. The lowest BCUT2D eigenvalue weighted by molar-refractivity contribution is -0.161. The van der Waals surface area contributed by atoms with E-state index in [4.69, 9.17) is 37.0 Å². The molecule has 0 aliphatic rings. The van der Waals surface area contributed by atoms with Gasteiger partial charge in [-0.15, -0.1) is 0 Å². The fourth-order valence-corrected chi connectivity index (χ4v) is 11.8. The van der Waals surface area contributed by atoms with Crippen molar-refractivity contribution in [3.8, 4) is 0 Å². The van der Waals surface area contributed by atoms with Gasteiger partial charge in [0.15, 0.2) is 12.2 Å². The zero-order chi connectivity index (χ0) is 78.9. The van der Waals surface area contributed by atoms with Crippen LogP contribution >= 0.6 is 15.6 Å². The Kier molecular flexibility index (Phi) is 75.0. The van der Waals surface area contributed by atoms with Crippen molar-refractivity contribution in [3.63, 3.8) is 0 Å². The van der Waals surface area contributed by atoms with Crippen molar-refractivity contribution in [2.75, 3.05) is 39.6 Å². The molecule has 0 aromatic carbocycles. The number of phosphoric acid groups is 2. The van der Waals surface area contributed by atoms with Crippen LogP contribution in [0.4, 0.5) is 0 Å². The number of allylic oxidation sites excluding steroid dienone is 30. The number of ether oxygens (including phenoxy) is 4. The molecule has 5 atom stereocenters. The lowest BCUT2D eigenvalue weighted by atomic mass is 10.1. The molecule has 0 radical (unpaired) electrons. The van der Waals surface area contributed by atoms with E-state index >= 15 is 0 Å². The second-order valence-corrected chi connectivity index (χ2v) is 29.5. The summed E-state index contributed by atoms with van der Waals surface area (Å²) in [7, 11) is -10.0. The van der Waals surface area contributed by atoms with Crippen LogP contribution in [0, 0.1) is 0 Å². The summed E-state index contributed by atoms with van der Waals surface area (Å²) in [6.07, 6.45) is 96.0. The molecular weight excluding hydrogens is 1400 g/mol. The first-order valence-electron chi connectivity index (χ1n) is 41.0. The minimum Gasteiger partial charge on any atom is -0.462 e. The van der Waals surface area contributed by atoms with Gasteiger partial charge >= 0.3 is 39.5 Å². The Bertz CT molecular complexity index is 2760. The number of hydrogen-bond acceptors (Lipinski definition) is 15. The fraction of sp³-hybridized carbons (Fsp3) is 0.618. The first kappa shape index (κ1) is 102. The van der Waals surface area contributed by atoms with Gasteiger partial charge in [0.05, 0.1) is 26.4 Å². The second-order valence-electron chi connectivity index (χ2n) is 26.6. The molecule has 0 bridgehead atoms. The topological polar surface area (TPSA) is 237 Å². The average molecular weight is 1550 g/mol. The van der Waals surface area contributed by atoms with Gasteiger partial charge in [0.25, 0.3) is 0 Å². The third kappa shape index (κ3) is 78.3. The summed E-state index contributed by atoms with van der Waals surface area (Å²) in [5, 5.41) is 10.7. The monoisotopic (exact) mass is 1550 g/mol. The fourth-order valence-electron chi connectivity index (χ4n) is 10.3. The van der Waals surface area contributed by atoms with Gasteiger partial charge < -0.3 is 33.8 Å². The molecule has 0 amide bonds. The normalized spacial score (nSPS) is 14.8. The van der Waals surface area contributed by atoms with Crippen molar-refractivity contribution < 1.29 is 80.2 Å². The molecule has 108 heavy (non-hydrogen) atoms. The third-order valence-electron chi connectivity index (χ3n) is 16.4. The number of carbonyl (C=O) groups excluding carboxylic acids is 4. The van der Waals surface area contributed by atoms with E-state index < -0.39 is 97.5 Å². The van der Waals surface area contributed by atoms with Gasteiger partial charge in [-0.2, -0.15) is 0 Å². The molecule has 17 nitrogen and oxygen atoms in total. The quantitative estimate of drug-likeness (QED) is 0.0169. The molecule has 0 heterocycles. The molecule has 0 saturated carbocycles. The van der Waals surface area contributed by atoms with Crippen LogP contribution in [0.1, 0.15) is 297 Å². The largest absolute Gasteiger partial charge is 0.472 e. The zero-order valence-electron chi connectivity index (χ0n) is 66.9. The molecule has 0 fully saturated rings. The summed E-state index contributed by atoms with van der Waals surface area (Å²) in [6, 6.07) is 0. The second kappa shape index (κ2) is 79.3. The summed E-state index contributed by atoms with van der Waals surface area (Å²) in [5.41, 5.74) is 0. The Balaban J connectivity index is 5.46. The van der Waals surface area contributed by atoms with Gasteiger partial charge in [-0.3, -0.25) is 37.3 Å². The Morgan fingerprint density at radius 3 is 0.806 bits per heavy atom. The SMILES string of the molecule is CC/C=C\C/C=C\C/C=C\C/C=C\C/C=C\C/C=C\CCC(=O)OCC(COP(=O)(O)OCC(O)COP(=O)(O)OCC(COC(=O)CCCCCCCC/C=C\C/C=C\C/C=C\C/C=C\CC)OC(=O)CCCCCCCCCCCCC)OC(=O)CCCCC/C=C\C/C=C\C/C=C\C/C=C\C/C=C\CC. The van der Waals surface area contributed by atoms with E-state index in [1.807, 2.05) is 18.2 Å². The standard InChI is InChI=1S/C89H144O17P2/c1-5-9-13-17-21-25-29-32-35-38-41-44-47-50-54-57-61-65-69-73-86(91)99-79-84(105-88(93)75-71-67-63-59-53-28-24-20-16-12-8-4)81-103-107(95,96)101-77-83(90)78-102-108(97,98)104-82-85(106-89(94)76-72-68-64-60-56-52-49-46-43-40-37-34-31-27-23-19-15-11-7-3)80-100-87(92)74-70-66-62-58-55-51-48-45-42-39-36-33-30-26-22-18-14-10-6-2/h9-11,13-15,21-23,25-27,32-37,41-46,51-52,55-56,62,66,83-85,90H,5-8,12,16-20,24,28-31,38-40,47-50,53-54,57-61,63-65,67-82H2,1-4H3,(H,95,96)(H,97,98)/b13-9-,14-10-,15-11-,25-21-,26-22-,27-23-,35-32-,36-33-,37-34-,44-41-,45-42-,46-43-,55-51-,56-52-,66-62-. The van der Waals surface area contributed by atoms with Crippen molar-refractivity contribution in [2.24, 2.45) is 0 Å². The lowest BCUT2D eigenvalue weighted by Gasteiger charge is -2.21. The van der Waals surface area contributed by atoms with Crippen LogP contribution in [0.15, 0.2) is 182 Å². The van der Waals surface area contributed by atoms with Gasteiger partial charge in [-0.1, -0.05) is 306 Å². The number of esters is 4. The summed E-state index contributed by atoms with van der Waals surface area (Å²) in [6.45, 7) is 4.38. The van der Waals surface area contributed by atoms with E-state index in [-0.39, 0.29) is 25.7 Å². The van der Waals surface area contributed by atoms with Gasteiger partial charge in [0.1, 0.15) is 19.3 Å².